The number of alkyl halides is 3. The maximum Gasteiger partial charge on any atom is 0.410 e. The van der Waals surface area contributed by atoms with Crippen LogP contribution in [0.5, 0.6) is 0 Å². The van der Waals surface area contributed by atoms with E-state index in [2.05, 4.69) is 17.2 Å². The second-order valence-corrected chi connectivity index (χ2v) is 7.39. The third-order valence-electron chi connectivity index (χ3n) is 4.97. The molecule has 1 aromatic carbocycles. The fraction of sp³-hybridized carbons (Fsp3) is 0.556. The van der Waals surface area contributed by atoms with Crippen molar-refractivity contribution in [3.8, 4) is 11.8 Å². The average molecular weight is 355 g/mol. The van der Waals surface area contributed by atoms with Crippen LogP contribution in [0.2, 0.25) is 5.02 Å². The molecule has 1 aliphatic heterocycles. The normalized spacial score (nSPS) is 27.5. The summed E-state index contributed by atoms with van der Waals surface area (Å²) < 4.78 is 42.9. The van der Waals surface area contributed by atoms with Gasteiger partial charge in [0.15, 0.2) is 5.41 Å². The van der Waals surface area contributed by atoms with Gasteiger partial charge in [-0.1, -0.05) is 23.4 Å². The summed E-state index contributed by atoms with van der Waals surface area (Å²) >= 11 is 6.04. The number of hydrogen-bond donors (Lipinski definition) is 1. The first kappa shape index (κ1) is 16.1. The first-order valence-electron chi connectivity index (χ1n) is 8.26. The topological polar surface area (TPSA) is 15.3 Å². The maximum absolute atomic E-state index is 14.3. The number of fused-ring (bicyclic) bond motifs is 1. The molecule has 0 saturated heterocycles. The number of anilines is 1. The second-order valence-electron chi connectivity index (χ2n) is 6.95. The van der Waals surface area contributed by atoms with Crippen molar-refractivity contribution in [1.29, 1.82) is 0 Å². The lowest BCUT2D eigenvalue weighted by molar-refractivity contribution is -0.177. The molecular weight excluding hydrogens is 337 g/mol. The highest BCUT2D eigenvalue weighted by atomic mass is 35.5. The van der Waals surface area contributed by atoms with E-state index in [4.69, 9.17) is 11.6 Å². The molecule has 1 atom stereocenters. The highest BCUT2D eigenvalue weighted by Gasteiger charge is 2.58. The number of nitrogens with one attached hydrogen (secondary N) is 1. The Balaban J connectivity index is 1.88. The summed E-state index contributed by atoms with van der Waals surface area (Å²) in [4.78, 5) is 1.88. The predicted molar refractivity (Wildman–Crippen MR) is 87.9 cm³/mol. The molecule has 3 aliphatic rings. The zero-order valence-electron chi connectivity index (χ0n) is 13.1. The smallest absolute Gasteiger partial charge is 0.372 e. The van der Waals surface area contributed by atoms with E-state index in [0.29, 0.717) is 17.4 Å². The summed E-state index contributed by atoms with van der Waals surface area (Å²) in [5.41, 5.74) is -1.56. The van der Waals surface area contributed by atoms with Gasteiger partial charge in [-0.05, 0) is 43.9 Å². The molecule has 1 unspecified atom stereocenters. The molecule has 1 heterocycles. The summed E-state index contributed by atoms with van der Waals surface area (Å²) in [7, 11) is 0. The molecular formula is C18H18ClF3N2. The Morgan fingerprint density at radius 2 is 1.96 bits per heavy atom. The Hall–Kier alpha value is -1.38. The molecule has 2 fully saturated rings. The lowest BCUT2D eigenvalue weighted by Crippen LogP contribution is -2.50. The van der Waals surface area contributed by atoms with E-state index in [1.54, 1.807) is 12.1 Å². The minimum atomic E-state index is -4.46. The summed E-state index contributed by atoms with van der Waals surface area (Å²) in [6.45, 7) is 0.267. The van der Waals surface area contributed by atoms with Crippen molar-refractivity contribution in [2.75, 3.05) is 18.5 Å². The molecule has 4 rings (SSSR count). The Morgan fingerprint density at radius 3 is 2.58 bits per heavy atom. The molecule has 2 saturated carbocycles. The van der Waals surface area contributed by atoms with Crippen LogP contribution in [-0.2, 0) is 5.41 Å². The summed E-state index contributed by atoms with van der Waals surface area (Å²) in [5.74, 6) is 5.64. The fourth-order valence-corrected chi connectivity index (χ4v) is 3.40. The van der Waals surface area contributed by atoms with Crippen LogP contribution in [0.15, 0.2) is 18.2 Å². The zero-order chi connectivity index (χ0) is 16.9. The lowest BCUT2D eigenvalue weighted by atomic mass is 9.78. The first-order valence-corrected chi connectivity index (χ1v) is 8.64. The van der Waals surface area contributed by atoms with Gasteiger partial charge >= 0.3 is 6.18 Å². The highest BCUT2D eigenvalue weighted by Crippen LogP contribution is 2.48. The number of hydrogen-bond acceptors (Lipinski definition) is 2. The third kappa shape index (κ3) is 2.87. The van der Waals surface area contributed by atoms with E-state index in [-0.39, 0.29) is 24.1 Å². The summed E-state index contributed by atoms with van der Waals surface area (Å²) in [5, 5.41) is 3.46. The minimum Gasteiger partial charge on any atom is -0.372 e. The lowest BCUT2D eigenvalue weighted by Gasteiger charge is -2.34. The zero-order valence-corrected chi connectivity index (χ0v) is 13.8. The van der Waals surface area contributed by atoms with Crippen LogP contribution < -0.4 is 5.32 Å². The molecule has 0 aromatic heterocycles. The van der Waals surface area contributed by atoms with Crippen LogP contribution in [0.3, 0.4) is 0 Å². The first-order chi connectivity index (χ1) is 11.4. The number of benzene rings is 1. The quantitative estimate of drug-likeness (QED) is 0.752. The van der Waals surface area contributed by atoms with Crippen LogP contribution in [0.25, 0.3) is 0 Å². The van der Waals surface area contributed by atoms with E-state index in [9.17, 15) is 13.2 Å². The molecule has 1 N–H and O–H groups in total. The number of rotatable bonds is 1. The van der Waals surface area contributed by atoms with Gasteiger partial charge in [-0.15, -0.1) is 0 Å². The molecule has 0 spiro atoms. The van der Waals surface area contributed by atoms with Crippen molar-refractivity contribution in [3.63, 3.8) is 0 Å². The Labute approximate surface area is 144 Å². The Bertz CT molecular complexity index is 713. The van der Waals surface area contributed by atoms with Crippen LogP contribution in [-0.4, -0.2) is 30.3 Å². The van der Waals surface area contributed by atoms with Crippen LogP contribution in [0.1, 0.15) is 31.2 Å². The molecule has 0 radical (unpaired) electrons. The van der Waals surface area contributed by atoms with E-state index in [1.165, 1.54) is 6.07 Å². The van der Waals surface area contributed by atoms with Crippen molar-refractivity contribution < 1.29 is 13.2 Å². The van der Waals surface area contributed by atoms with E-state index < -0.39 is 11.6 Å². The maximum atomic E-state index is 14.3. The van der Waals surface area contributed by atoms with Gasteiger partial charge in [0.25, 0.3) is 0 Å². The third-order valence-corrected chi connectivity index (χ3v) is 5.20. The van der Waals surface area contributed by atoms with E-state index in [0.717, 1.165) is 25.7 Å². The fourth-order valence-electron chi connectivity index (χ4n) is 3.23. The largest absolute Gasteiger partial charge is 0.410 e. The summed E-state index contributed by atoms with van der Waals surface area (Å²) in [6.07, 6.45) is -0.777. The molecule has 6 heteroatoms. The van der Waals surface area contributed by atoms with Crippen molar-refractivity contribution in [2.45, 2.75) is 43.3 Å². The standard InChI is InChI=1S/C18H18ClF3N2/c19-13-3-6-16-15(9-13)17(18(20,21)22,8-7-12-1-2-12)10-24(11-23-16)14-4-5-14/h3,6,9,12,14,23H,1-2,4-5,10-11H2. The van der Waals surface area contributed by atoms with Gasteiger partial charge in [0.05, 0.1) is 6.67 Å². The van der Waals surface area contributed by atoms with Gasteiger partial charge in [0.1, 0.15) is 0 Å². The highest BCUT2D eigenvalue weighted by molar-refractivity contribution is 6.30. The molecule has 0 bridgehead atoms. The van der Waals surface area contributed by atoms with Gasteiger partial charge in [-0.3, -0.25) is 4.90 Å². The van der Waals surface area contributed by atoms with Gasteiger partial charge in [-0.25, -0.2) is 0 Å². The Kier molecular flexibility index (Phi) is 3.74. The van der Waals surface area contributed by atoms with Crippen LogP contribution in [0.4, 0.5) is 18.9 Å². The van der Waals surface area contributed by atoms with Crippen molar-refractivity contribution >= 4 is 17.3 Å². The molecule has 0 amide bonds. The van der Waals surface area contributed by atoms with Gasteiger partial charge in [0.2, 0.25) is 0 Å². The van der Waals surface area contributed by atoms with Crippen molar-refractivity contribution in [3.05, 3.63) is 28.8 Å². The Morgan fingerprint density at radius 1 is 1.21 bits per heavy atom. The average Bonchev–Trinajstić information content (AvgIpc) is 3.37. The SMILES string of the molecule is FC(F)(F)C1(C#CC2CC2)CN(C2CC2)CNc2ccc(Cl)cc21. The molecule has 2 aliphatic carbocycles. The van der Waals surface area contributed by atoms with Gasteiger partial charge in [0, 0.05) is 34.8 Å². The second kappa shape index (κ2) is 5.57. The van der Waals surface area contributed by atoms with E-state index in [1.807, 2.05) is 4.90 Å². The minimum absolute atomic E-state index is 0.109. The van der Waals surface area contributed by atoms with Crippen LogP contribution in [0, 0.1) is 17.8 Å². The van der Waals surface area contributed by atoms with Crippen molar-refractivity contribution in [2.24, 2.45) is 5.92 Å². The predicted octanol–water partition coefficient (Wildman–Crippen LogP) is 4.40. The number of halogens is 4. The molecule has 24 heavy (non-hydrogen) atoms. The monoisotopic (exact) mass is 354 g/mol. The molecule has 128 valence electrons. The summed E-state index contributed by atoms with van der Waals surface area (Å²) in [6, 6.07) is 4.89. The van der Waals surface area contributed by atoms with Gasteiger partial charge in [-0.2, -0.15) is 13.2 Å². The molecule has 2 nitrogen and oxygen atoms in total. The van der Waals surface area contributed by atoms with Gasteiger partial charge < -0.3 is 5.32 Å². The molecule has 1 aromatic rings. The van der Waals surface area contributed by atoms with E-state index >= 15 is 0 Å². The van der Waals surface area contributed by atoms with Crippen LogP contribution >= 0.6 is 11.6 Å². The number of nitrogens with zero attached hydrogens (tertiary/aromatic N) is 1. The van der Waals surface area contributed by atoms with Crippen molar-refractivity contribution in [1.82, 2.24) is 4.90 Å².